The van der Waals surface area contributed by atoms with Gasteiger partial charge in [0.25, 0.3) is 0 Å². The zero-order valence-corrected chi connectivity index (χ0v) is 16.4. The zero-order chi connectivity index (χ0) is 19.3. The highest BCUT2D eigenvalue weighted by atomic mass is 32.2. The molecule has 0 bridgehead atoms. The third-order valence-electron chi connectivity index (χ3n) is 4.50. The second-order valence-corrected chi connectivity index (χ2v) is 7.57. The van der Waals surface area contributed by atoms with E-state index in [-0.39, 0.29) is 5.82 Å². The Morgan fingerprint density at radius 1 is 0.821 bits per heavy atom. The van der Waals surface area contributed by atoms with Gasteiger partial charge in [-0.1, -0.05) is 84.1 Å². The summed E-state index contributed by atoms with van der Waals surface area (Å²) < 4.78 is 16.4. The number of hydrogen-bond donors (Lipinski definition) is 0. The number of rotatable bonds is 6. The Labute approximate surface area is 168 Å². The van der Waals surface area contributed by atoms with Crippen LogP contribution in [0.3, 0.4) is 0 Å². The van der Waals surface area contributed by atoms with Crippen molar-refractivity contribution in [1.82, 2.24) is 14.8 Å². The van der Waals surface area contributed by atoms with Gasteiger partial charge in [0.2, 0.25) is 0 Å². The molecular formula is C23H20FN3S. The van der Waals surface area contributed by atoms with Gasteiger partial charge in [-0.2, -0.15) is 0 Å². The van der Waals surface area contributed by atoms with Gasteiger partial charge in [0.1, 0.15) is 5.82 Å². The summed E-state index contributed by atoms with van der Waals surface area (Å²) in [5.74, 6) is 1.04. The summed E-state index contributed by atoms with van der Waals surface area (Å²) in [6, 6.07) is 25.3. The normalized spacial score (nSPS) is 10.9. The lowest BCUT2D eigenvalue weighted by atomic mass is 10.2. The Hall–Kier alpha value is -2.92. The maximum Gasteiger partial charge on any atom is 0.192 e. The number of hydrogen-bond acceptors (Lipinski definition) is 3. The van der Waals surface area contributed by atoms with Crippen molar-refractivity contribution in [2.75, 3.05) is 0 Å². The van der Waals surface area contributed by atoms with Crippen LogP contribution in [-0.4, -0.2) is 14.8 Å². The van der Waals surface area contributed by atoms with Crippen molar-refractivity contribution >= 4 is 11.8 Å². The molecule has 0 aliphatic heterocycles. The Morgan fingerprint density at radius 3 is 2.29 bits per heavy atom. The minimum Gasteiger partial charge on any atom is -0.297 e. The second-order valence-electron chi connectivity index (χ2n) is 6.63. The van der Waals surface area contributed by atoms with E-state index in [1.54, 1.807) is 23.9 Å². The minimum atomic E-state index is -0.292. The molecule has 0 unspecified atom stereocenters. The lowest BCUT2D eigenvalue weighted by molar-refractivity contribution is 0.626. The third-order valence-corrected chi connectivity index (χ3v) is 5.54. The van der Waals surface area contributed by atoms with Gasteiger partial charge in [0, 0.05) is 5.75 Å². The average molecular weight is 389 g/mol. The first-order valence-corrected chi connectivity index (χ1v) is 10.1. The molecule has 0 atom stereocenters. The molecule has 0 aliphatic rings. The predicted octanol–water partition coefficient (Wildman–Crippen LogP) is 5.73. The summed E-state index contributed by atoms with van der Waals surface area (Å²) >= 11 is 1.61. The molecule has 4 rings (SSSR count). The SMILES string of the molecule is Cc1ccc(CSc2nnc(-c3ccccc3F)n2Cc2ccccc2)cc1. The monoisotopic (exact) mass is 389 g/mol. The average Bonchev–Trinajstić information content (AvgIpc) is 3.11. The summed E-state index contributed by atoms with van der Waals surface area (Å²) in [6.07, 6.45) is 0. The third kappa shape index (κ3) is 4.15. The van der Waals surface area contributed by atoms with Crippen LogP contribution in [-0.2, 0) is 12.3 Å². The van der Waals surface area contributed by atoms with Crippen molar-refractivity contribution in [2.45, 2.75) is 24.4 Å². The Bertz CT molecular complexity index is 1060. The molecule has 0 fully saturated rings. The molecule has 3 aromatic carbocycles. The molecule has 28 heavy (non-hydrogen) atoms. The lowest BCUT2D eigenvalue weighted by Crippen LogP contribution is -2.05. The fourth-order valence-electron chi connectivity index (χ4n) is 2.98. The van der Waals surface area contributed by atoms with Gasteiger partial charge in [-0.25, -0.2) is 4.39 Å². The molecule has 0 aliphatic carbocycles. The van der Waals surface area contributed by atoms with Crippen molar-refractivity contribution < 1.29 is 4.39 Å². The van der Waals surface area contributed by atoms with Crippen molar-refractivity contribution in [3.05, 3.63) is 101 Å². The van der Waals surface area contributed by atoms with E-state index in [1.165, 1.54) is 17.2 Å². The molecule has 0 N–H and O–H groups in total. The Morgan fingerprint density at radius 2 is 1.54 bits per heavy atom. The van der Waals surface area contributed by atoms with E-state index < -0.39 is 0 Å². The first-order chi connectivity index (χ1) is 13.7. The number of benzene rings is 3. The number of halogens is 1. The minimum absolute atomic E-state index is 0.292. The van der Waals surface area contributed by atoms with Crippen LogP contribution in [0.15, 0.2) is 84.0 Å². The molecule has 0 saturated heterocycles. The first-order valence-electron chi connectivity index (χ1n) is 9.11. The highest BCUT2D eigenvalue weighted by molar-refractivity contribution is 7.98. The van der Waals surface area contributed by atoms with Gasteiger partial charge in [0.05, 0.1) is 12.1 Å². The molecule has 1 aromatic heterocycles. The van der Waals surface area contributed by atoms with Crippen LogP contribution >= 0.6 is 11.8 Å². The quantitative estimate of drug-likeness (QED) is 0.394. The topological polar surface area (TPSA) is 30.7 Å². The molecule has 0 amide bonds. The number of aromatic nitrogens is 3. The van der Waals surface area contributed by atoms with E-state index in [0.717, 1.165) is 16.5 Å². The van der Waals surface area contributed by atoms with E-state index >= 15 is 0 Å². The van der Waals surface area contributed by atoms with Crippen LogP contribution in [0.5, 0.6) is 0 Å². The van der Waals surface area contributed by atoms with E-state index in [2.05, 4.69) is 53.5 Å². The summed E-state index contributed by atoms with van der Waals surface area (Å²) in [5, 5.41) is 9.47. The molecule has 0 radical (unpaired) electrons. The van der Waals surface area contributed by atoms with Crippen molar-refractivity contribution in [3.63, 3.8) is 0 Å². The van der Waals surface area contributed by atoms with E-state index in [1.807, 2.05) is 28.8 Å². The van der Waals surface area contributed by atoms with Crippen molar-refractivity contribution in [3.8, 4) is 11.4 Å². The van der Waals surface area contributed by atoms with Gasteiger partial charge in [-0.3, -0.25) is 4.57 Å². The highest BCUT2D eigenvalue weighted by Crippen LogP contribution is 2.28. The van der Waals surface area contributed by atoms with Gasteiger partial charge in [0.15, 0.2) is 11.0 Å². The largest absolute Gasteiger partial charge is 0.297 e. The molecular weight excluding hydrogens is 369 g/mol. The fourth-order valence-corrected chi connectivity index (χ4v) is 3.87. The van der Waals surface area contributed by atoms with Gasteiger partial charge >= 0.3 is 0 Å². The zero-order valence-electron chi connectivity index (χ0n) is 15.5. The van der Waals surface area contributed by atoms with Crippen LogP contribution in [0, 0.1) is 12.7 Å². The predicted molar refractivity (Wildman–Crippen MR) is 112 cm³/mol. The van der Waals surface area contributed by atoms with Crippen LogP contribution in [0.25, 0.3) is 11.4 Å². The van der Waals surface area contributed by atoms with E-state index in [9.17, 15) is 4.39 Å². The molecule has 140 valence electrons. The molecule has 0 saturated carbocycles. The van der Waals surface area contributed by atoms with Crippen LogP contribution in [0.4, 0.5) is 4.39 Å². The standard InChI is InChI=1S/C23H20FN3S/c1-17-11-13-19(14-12-17)16-28-23-26-25-22(20-9-5-6-10-21(20)24)27(23)15-18-7-3-2-4-8-18/h2-14H,15-16H2,1H3. The maximum absolute atomic E-state index is 14.4. The maximum atomic E-state index is 14.4. The molecule has 4 aromatic rings. The van der Waals surface area contributed by atoms with Crippen LogP contribution in [0.1, 0.15) is 16.7 Å². The molecule has 1 heterocycles. The second kappa shape index (κ2) is 8.40. The summed E-state index contributed by atoms with van der Waals surface area (Å²) in [5.41, 5.74) is 4.05. The van der Waals surface area contributed by atoms with Gasteiger partial charge in [-0.05, 0) is 30.2 Å². The van der Waals surface area contributed by atoms with Gasteiger partial charge < -0.3 is 0 Å². The van der Waals surface area contributed by atoms with E-state index in [4.69, 9.17) is 0 Å². The number of aryl methyl sites for hydroxylation is 1. The molecule has 0 spiro atoms. The van der Waals surface area contributed by atoms with Gasteiger partial charge in [-0.15, -0.1) is 10.2 Å². The molecule has 3 nitrogen and oxygen atoms in total. The lowest BCUT2D eigenvalue weighted by Gasteiger charge is -2.11. The van der Waals surface area contributed by atoms with Crippen LogP contribution in [0.2, 0.25) is 0 Å². The summed E-state index contributed by atoms with van der Waals surface area (Å²) in [6.45, 7) is 2.67. The number of thioether (sulfide) groups is 1. The first kappa shape index (κ1) is 18.4. The smallest absolute Gasteiger partial charge is 0.192 e. The van der Waals surface area contributed by atoms with Crippen molar-refractivity contribution in [2.24, 2.45) is 0 Å². The highest BCUT2D eigenvalue weighted by Gasteiger charge is 2.17. The van der Waals surface area contributed by atoms with Crippen molar-refractivity contribution in [1.29, 1.82) is 0 Å². The van der Waals surface area contributed by atoms with Crippen LogP contribution < -0.4 is 0 Å². The summed E-state index contributed by atoms with van der Waals surface area (Å²) in [4.78, 5) is 0. The molecule has 5 heteroatoms. The Kier molecular flexibility index (Phi) is 5.53. The number of nitrogens with zero attached hydrogens (tertiary/aromatic N) is 3. The summed E-state index contributed by atoms with van der Waals surface area (Å²) in [7, 11) is 0. The fraction of sp³-hybridized carbons (Fsp3) is 0.130. The van der Waals surface area contributed by atoms with E-state index in [0.29, 0.717) is 17.9 Å². The Balaban J connectivity index is 1.67.